The summed E-state index contributed by atoms with van der Waals surface area (Å²) in [4.78, 5) is 2.32. The molecular formula is C48H32N2O. The van der Waals surface area contributed by atoms with Crippen molar-refractivity contribution in [3.05, 3.63) is 194 Å². The van der Waals surface area contributed by atoms with E-state index in [1.807, 2.05) is 12.1 Å². The summed E-state index contributed by atoms with van der Waals surface area (Å²) in [5.74, 6) is 1.75. The summed E-state index contributed by atoms with van der Waals surface area (Å²) < 4.78 is 8.81. The lowest BCUT2D eigenvalue weighted by molar-refractivity contribution is 0.476. The Morgan fingerprint density at radius 2 is 0.961 bits per heavy atom. The molecule has 8 aromatic carbocycles. The lowest BCUT2D eigenvalue weighted by Gasteiger charge is -2.26. The largest absolute Gasteiger partial charge is 0.453 e. The Hall–Kier alpha value is -6.84. The van der Waals surface area contributed by atoms with E-state index in [2.05, 4.69) is 191 Å². The molecular weight excluding hydrogens is 621 g/mol. The first kappa shape index (κ1) is 29.1. The second-order valence-electron chi connectivity index (χ2n) is 13.0. The van der Waals surface area contributed by atoms with E-state index in [1.54, 1.807) is 0 Å². The zero-order valence-corrected chi connectivity index (χ0v) is 27.8. The molecule has 2 heterocycles. The summed E-state index contributed by atoms with van der Waals surface area (Å²) in [7, 11) is 0. The van der Waals surface area contributed by atoms with Gasteiger partial charge in [0.25, 0.3) is 0 Å². The van der Waals surface area contributed by atoms with Gasteiger partial charge in [0, 0.05) is 27.8 Å². The summed E-state index contributed by atoms with van der Waals surface area (Å²) in [6.07, 6.45) is 0. The highest BCUT2D eigenvalue weighted by atomic mass is 16.5. The van der Waals surface area contributed by atoms with E-state index >= 15 is 0 Å². The molecule has 0 fully saturated rings. The first-order valence-corrected chi connectivity index (χ1v) is 17.4. The number of hydrogen-bond acceptors (Lipinski definition) is 2. The molecule has 3 heteroatoms. The Bertz CT molecular complexity index is 2690. The van der Waals surface area contributed by atoms with Crippen molar-refractivity contribution in [2.45, 2.75) is 0 Å². The number of fused-ring (bicyclic) bond motifs is 5. The van der Waals surface area contributed by atoms with E-state index < -0.39 is 0 Å². The molecule has 1 aliphatic rings. The van der Waals surface area contributed by atoms with Gasteiger partial charge < -0.3 is 14.2 Å². The first-order valence-electron chi connectivity index (χ1n) is 17.4. The van der Waals surface area contributed by atoms with E-state index in [0.717, 1.165) is 45.3 Å². The van der Waals surface area contributed by atoms with Crippen molar-refractivity contribution in [1.29, 1.82) is 0 Å². The Kier molecular flexibility index (Phi) is 6.81. The minimum Gasteiger partial charge on any atom is -0.453 e. The molecule has 9 aromatic rings. The minimum atomic E-state index is 0.875. The average molecular weight is 653 g/mol. The van der Waals surface area contributed by atoms with E-state index in [4.69, 9.17) is 4.74 Å². The Labute approximate surface area is 296 Å². The summed E-state index contributed by atoms with van der Waals surface area (Å²) in [6.45, 7) is 0. The maximum absolute atomic E-state index is 6.45. The van der Waals surface area contributed by atoms with Crippen LogP contribution in [0.15, 0.2) is 194 Å². The number of rotatable bonds is 6. The van der Waals surface area contributed by atoms with Gasteiger partial charge in [0.1, 0.15) is 0 Å². The summed E-state index contributed by atoms with van der Waals surface area (Å²) in [5, 5.41) is 2.42. The van der Waals surface area contributed by atoms with Gasteiger partial charge in [-0.1, -0.05) is 121 Å². The predicted octanol–water partition coefficient (Wildman–Crippen LogP) is 13.4. The van der Waals surface area contributed by atoms with Crippen LogP contribution in [0.4, 0.5) is 17.1 Å². The van der Waals surface area contributed by atoms with Crippen LogP contribution in [0, 0.1) is 0 Å². The van der Waals surface area contributed by atoms with Crippen LogP contribution in [0.1, 0.15) is 0 Å². The highest BCUT2D eigenvalue weighted by molar-refractivity contribution is 6.18. The fourth-order valence-electron chi connectivity index (χ4n) is 7.61. The molecule has 0 amide bonds. The second-order valence-corrected chi connectivity index (χ2v) is 13.0. The summed E-state index contributed by atoms with van der Waals surface area (Å²) in [5.41, 5.74) is 13.8. The van der Waals surface area contributed by atoms with Crippen molar-refractivity contribution in [2.75, 3.05) is 4.90 Å². The van der Waals surface area contributed by atoms with E-state index in [1.165, 1.54) is 44.1 Å². The third-order valence-corrected chi connectivity index (χ3v) is 9.98. The molecule has 0 aliphatic carbocycles. The zero-order chi connectivity index (χ0) is 33.7. The zero-order valence-electron chi connectivity index (χ0n) is 27.8. The van der Waals surface area contributed by atoms with Gasteiger partial charge in [-0.25, -0.2) is 0 Å². The van der Waals surface area contributed by atoms with Crippen LogP contribution in [-0.4, -0.2) is 4.57 Å². The van der Waals surface area contributed by atoms with E-state index in [-0.39, 0.29) is 0 Å². The van der Waals surface area contributed by atoms with Crippen molar-refractivity contribution in [2.24, 2.45) is 0 Å². The molecule has 0 spiro atoms. The fourth-order valence-corrected chi connectivity index (χ4v) is 7.61. The molecule has 0 saturated heterocycles. The Morgan fingerprint density at radius 3 is 1.71 bits per heavy atom. The van der Waals surface area contributed by atoms with Crippen LogP contribution in [0.2, 0.25) is 0 Å². The van der Waals surface area contributed by atoms with Gasteiger partial charge in [-0.2, -0.15) is 0 Å². The summed E-state index contributed by atoms with van der Waals surface area (Å²) in [6, 6.07) is 69.0. The molecule has 1 aliphatic heterocycles. The maximum Gasteiger partial charge on any atom is 0.152 e. The Morgan fingerprint density at radius 1 is 0.392 bits per heavy atom. The van der Waals surface area contributed by atoms with Gasteiger partial charge in [0.05, 0.1) is 16.7 Å². The monoisotopic (exact) mass is 652 g/mol. The first-order chi connectivity index (χ1) is 25.3. The van der Waals surface area contributed by atoms with Crippen LogP contribution in [0.25, 0.3) is 60.9 Å². The van der Waals surface area contributed by atoms with Crippen LogP contribution in [0.3, 0.4) is 0 Å². The topological polar surface area (TPSA) is 17.4 Å². The molecule has 10 rings (SSSR count). The Balaban J connectivity index is 1.04. The van der Waals surface area contributed by atoms with Crippen LogP contribution >= 0.6 is 0 Å². The van der Waals surface area contributed by atoms with Crippen molar-refractivity contribution in [3.8, 4) is 50.6 Å². The number of nitrogens with zero attached hydrogens (tertiary/aromatic N) is 2. The number of para-hydroxylation sites is 4. The molecule has 0 atom stereocenters. The van der Waals surface area contributed by atoms with Gasteiger partial charge >= 0.3 is 0 Å². The number of ether oxygens (including phenoxy) is 1. The molecule has 1 aromatic heterocycles. The molecule has 0 saturated carbocycles. The van der Waals surface area contributed by atoms with Crippen molar-refractivity contribution >= 4 is 38.9 Å². The third kappa shape index (κ3) is 4.90. The molecule has 0 N–H and O–H groups in total. The van der Waals surface area contributed by atoms with Crippen molar-refractivity contribution in [3.63, 3.8) is 0 Å². The highest BCUT2D eigenvalue weighted by Crippen LogP contribution is 2.48. The van der Waals surface area contributed by atoms with Gasteiger partial charge in [-0.15, -0.1) is 0 Å². The molecule has 0 bridgehead atoms. The normalized spacial score (nSPS) is 11.7. The van der Waals surface area contributed by atoms with Gasteiger partial charge in [0.15, 0.2) is 11.5 Å². The standard InChI is InChI=1S/C48H32N2O/c1-3-12-33(13-4-1)36-14-11-15-37(32-36)34-22-26-39(27-23-34)49(38-16-5-2-6-17-38)40-28-24-35(25-29-40)41-30-31-46-48-47(41)42-18-7-8-19-43(42)50(48)44-20-9-10-21-45(44)51-46/h1-32H. The van der Waals surface area contributed by atoms with Crippen LogP contribution in [0.5, 0.6) is 11.5 Å². The lowest BCUT2D eigenvalue weighted by Crippen LogP contribution is -2.09. The van der Waals surface area contributed by atoms with Gasteiger partial charge in [0.2, 0.25) is 0 Å². The summed E-state index contributed by atoms with van der Waals surface area (Å²) >= 11 is 0. The number of benzene rings is 8. The quantitative estimate of drug-likeness (QED) is 0.178. The third-order valence-electron chi connectivity index (χ3n) is 9.98. The highest BCUT2D eigenvalue weighted by Gasteiger charge is 2.25. The van der Waals surface area contributed by atoms with Crippen molar-refractivity contribution in [1.82, 2.24) is 4.57 Å². The van der Waals surface area contributed by atoms with E-state index in [0.29, 0.717) is 0 Å². The molecule has 3 nitrogen and oxygen atoms in total. The fraction of sp³-hybridized carbons (Fsp3) is 0. The molecule has 0 unspecified atom stereocenters. The average Bonchev–Trinajstić information content (AvgIpc) is 3.56. The lowest BCUT2D eigenvalue weighted by atomic mass is 9.98. The van der Waals surface area contributed by atoms with Crippen LogP contribution < -0.4 is 9.64 Å². The van der Waals surface area contributed by atoms with E-state index in [9.17, 15) is 0 Å². The second kappa shape index (κ2) is 11.9. The number of anilines is 3. The maximum atomic E-state index is 6.45. The van der Waals surface area contributed by atoms with Crippen LogP contribution in [-0.2, 0) is 0 Å². The number of hydrogen-bond donors (Lipinski definition) is 0. The van der Waals surface area contributed by atoms with Gasteiger partial charge in [-0.3, -0.25) is 0 Å². The molecule has 0 radical (unpaired) electrons. The SMILES string of the molecule is c1ccc(-c2cccc(-c3ccc(N(c4ccccc4)c4ccc(-c5ccc6c7c5c5ccccc5n7-c5ccccc5O6)cc4)cc3)c2)cc1. The minimum absolute atomic E-state index is 0.875. The van der Waals surface area contributed by atoms with Crippen molar-refractivity contribution < 1.29 is 4.74 Å². The molecule has 240 valence electrons. The number of aromatic nitrogens is 1. The molecule has 51 heavy (non-hydrogen) atoms. The smallest absolute Gasteiger partial charge is 0.152 e. The van der Waals surface area contributed by atoms with Gasteiger partial charge in [-0.05, 0) is 106 Å². The predicted molar refractivity (Wildman–Crippen MR) is 212 cm³/mol.